The Morgan fingerprint density at radius 2 is 2.00 bits per heavy atom. The van der Waals surface area contributed by atoms with Crippen LogP contribution in [0.4, 0.5) is 27.9 Å². The zero-order chi connectivity index (χ0) is 30.0. The molecular formula is C26H29ClN12O3. The quantitative estimate of drug-likeness (QED) is 0.240. The molecule has 3 atom stereocenters. The molecule has 1 saturated carbocycles. The highest BCUT2D eigenvalue weighted by Gasteiger charge is 2.34. The van der Waals surface area contributed by atoms with Gasteiger partial charge in [0.15, 0.2) is 17.2 Å². The number of hydrogen-bond donors (Lipinski definition) is 5. The molecule has 5 rings (SSSR count). The van der Waals surface area contributed by atoms with E-state index in [0.717, 1.165) is 12.8 Å². The molecule has 2 amide bonds. The maximum absolute atomic E-state index is 12.0. The van der Waals surface area contributed by atoms with E-state index in [-0.39, 0.29) is 23.7 Å². The topological polar surface area (TPSA) is 211 Å². The Morgan fingerprint density at radius 1 is 1.21 bits per heavy atom. The summed E-state index contributed by atoms with van der Waals surface area (Å²) in [6.07, 6.45) is 3.33. The number of primary amides is 1. The molecule has 0 spiro atoms. The molecule has 1 saturated heterocycles. The van der Waals surface area contributed by atoms with E-state index in [1.807, 2.05) is 4.90 Å². The molecule has 1 aliphatic heterocycles. The number of anilines is 4. The van der Waals surface area contributed by atoms with Crippen molar-refractivity contribution in [3.05, 3.63) is 34.6 Å². The van der Waals surface area contributed by atoms with Crippen molar-refractivity contribution >= 4 is 52.4 Å². The van der Waals surface area contributed by atoms with Gasteiger partial charge < -0.3 is 31.3 Å². The Morgan fingerprint density at radius 3 is 2.67 bits per heavy atom. The van der Waals surface area contributed by atoms with E-state index in [1.54, 1.807) is 19.1 Å². The molecule has 2 aliphatic rings. The third-order valence-corrected chi connectivity index (χ3v) is 7.55. The number of hydrogen-bond acceptors (Lipinski definition) is 12. The van der Waals surface area contributed by atoms with Crippen LogP contribution in [0, 0.1) is 22.7 Å². The normalized spacial score (nSPS) is 18.9. The first kappa shape index (κ1) is 28.7. The van der Waals surface area contributed by atoms with E-state index in [4.69, 9.17) is 22.1 Å². The van der Waals surface area contributed by atoms with Crippen LogP contribution in [0.2, 0.25) is 5.02 Å². The summed E-state index contributed by atoms with van der Waals surface area (Å²) < 4.78 is 6.17. The number of nitrogens with one attached hydrogen (secondary N) is 4. The third kappa shape index (κ3) is 6.07. The van der Waals surface area contributed by atoms with Crippen LogP contribution in [-0.2, 0) is 9.53 Å². The SMILES string of the molecule is COC(=O)N[C@H]1CCN(c2cc(C#N)cc(Nc3nc(NC4CC4)c4ncc(C#N)n4n3)c2Cl)CC1N[C@@H](C)C(N)=O. The summed E-state index contributed by atoms with van der Waals surface area (Å²) in [5.74, 6) is 0.0887. The van der Waals surface area contributed by atoms with Crippen LogP contribution in [0.25, 0.3) is 5.65 Å². The summed E-state index contributed by atoms with van der Waals surface area (Å²) in [5.41, 5.74) is 7.42. The predicted octanol–water partition coefficient (Wildman–Crippen LogP) is 1.61. The van der Waals surface area contributed by atoms with Crippen molar-refractivity contribution in [2.45, 2.75) is 50.4 Å². The first-order valence-corrected chi connectivity index (χ1v) is 13.7. The zero-order valence-electron chi connectivity index (χ0n) is 22.9. The van der Waals surface area contributed by atoms with Crippen molar-refractivity contribution in [3.63, 3.8) is 0 Å². The lowest BCUT2D eigenvalue weighted by atomic mass is 9.97. The van der Waals surface area contributed by atoms with E-state index >= 15 is 0 Å². The van der Waals surface area contributed by atoms with Crippen LogP contribution in [0.3, 0.4) is 0 Å². The summed E-state index contributed by atoms with van der Waals surface area (Å²) in [6, 6.07) is 6.35. The highest BCUT2D eigenvalue weighted by molar-refractivity contribution is 6.36. The van der Waals surface area contributed by atoms with E-state index < -0.39 is 24.1 Å². The van der Waals surface area contributed by atoms with Crippen molar-refractivity contribution in [1.82, 2.24) is 30.2 Å². The maximum Gasteiger partial charge on any atom is 0.407 e. The minimum absolute atomic E-state index is 0.152. The Kier molecular flexibility index (Phi) is 8.15. The molecule has 16 heteroatoms. The number of carbonyl (C=O) groups excluding carboxylic acids is 2. The number of nitrogens with zero attached hydrogens (tertiary/aromatic N) is 7. The lowest BCUT2D eigenvalue weighted by Gasteiger charge is -2.41. The van der Waals surface area contributed by atoms with Crippen molar-refractivity contribution in [3.8, 4) is 12.1 Å². The number of rotatable bonds is 9. The Balaban J connectivity index is 1.47. The first-order chi connectivity index (χ1) is 20.2. The molecule has 3 aromatic rings. The predicted molar refractivity (Wildman–Crippen MR) is 153 cm³/mol. The number of carbonyl (C=O) groups is 2. The number of ether oxygens (including phenoxy) is 1. The second-order valence-electron chi connectivity index (χ2n) is 10.2. The van der Waals surface area contributed by atoms with Gasteiger partial charge in [-0.2, -0.15) is 20.0 Å². The molecule has 1 aliphatic carbocycles. The van der Waals surface area contributed by atoms with Crippen molar-refractivity contribution in [2.24, 2.45) is 5.73 Å². The van der Waals surface area contributed by atoms with Crippen LogP contribution in [0.5, 0.6) is 0 Å². The Bertz CT molecular complexity index is 1610. The van der Waals surface area contributed by atoms with Crippen molar-refractivity contribution in [1.29, 1.82) is 10.5 Å². The minimum Gasteiger partial charge on any atom is -0.453 e. The van der Waals surface area contributed by atoms with Gasteiger partial charge in [-0.05, 0) is 38.3 Å². The number of piperidine rings is 1. The number of amides is 2. The summed E-state index contributed by atoms with van der Waals surface area (Å²) in [5, 5.41) is 36.5. The molecule has 15 nitrogen and oxygen atoms in total. The molecule has 2 aromatic heterocycles. The van der Waals surface area contributed by atoms with Gasteiger partial charge in [-0.1, -0.05) is 11.6 Å². The van der Waals surface area contributed by atoms with Gasteiger partial charge in [-0.15, -0.1) is 5.10 Å². The molecule has 1 unspecified atom stereocenters. The number of halogens is 1. The lowest BCUT2D eigenvalue weighted by molar-refractivity contribution is -0.119. The third-order valence-electron chi connectivity index (χ3n) is 7.16. The van der Waals surface area contributed by atoms with Gasteiger partial charge in [0.05, 0.1) is 53.4 Å². The fraction of sp³-hybridized carbons (Fsp3) is 0.423. The molecule has 3 heterocycles. The summed E-state index contributed by atoms with van der Waals surface area (Å²) in [7, 11) is 1.28. The number of alkyl carbamates (subject to hydrolysis) is 1. The standard InChI is InChI=1S/C26H29ClN12O3/c1-13(22(30)40)32-19-12-38(6-5-17(19)35-26(41)42-2)20-8-14(9-28)7-18(21(20)27)34-25-36-23(33-15-3-4-15)24-31-11-16(10-29)39(24)37-25/h7-8,11,13,15,17,19,32H,3-6,12H2,1-2H3,(H2,30,40)(H,35,41)(H2,33,34,36,37)/t13-,17-,19?/m0/s1. The average Bonchev–Trinajstić information content (AvgIpc) is 3.70. The Hall–Kier alpha value is -4.86. The second kappa shape index (κ2) is 11.9. The molecule has 218 valence electrons. The molecular weight excluding hydrogens is 564 g/mol. The first-order valence-electron chi connectivity index (χ1n) is 13.3. The average molecular weight is 593 g/mol. The summed E-state index contributed by atoms with van der Waals surface area (Å²) in [6.45, 7) is 2.45. The smallest absolute Gasteiger partial charge is 0.407 e. The molecule has 6 N–H and O–H groups in total. The number of benzene rings is 1. The van der Waals surface area contributed by atoms with Crippen LogP contribution in [0.1, 0.15) is 37.4 Å². The van der Waals surface area contributed by atoms with E-state index in [0.29, 0.717) is 52.9 Å². The summed E-state index contributed by atoms with van der Waals surface area (Å²) >= 11 is 6.92. The monoisotopic (exact) mass is 592 g/mol. The maximum atomic E-state index is 12.0. The molecule has 1 aromatic carbocycles. The number of nitriles is 2. The van der Waals surface area contributed by atoms with Gasteiger partial charge >= 0.3 is 6.09 Å². The van der Waals surface area contributed by atoms with Gasteiger partial charge in [0.2, 0.25) is 11.9 Å². The van der Waals surface area contributed by atoms with Gasteiger partial charge in [0.25, 0.3) is 0 Å². The lowest BCUT2D eigenvalue weighted by Crippen LogP contribution is -2.62. The number of imidazole rings is 1. The van der Waals surface area contributed by atoms with Crippen molar-refractivity contribution < 1.29 is 14.3 Å². The van der Waals surface area contributed by atoms with Crippen LogP contribution in [0.15, 0.2) is 18.3 Å². The zero-order valence-corrected chi connectivity index (χ0v) is 23.6. The highest BCUT2D eigenvalue weighted by atomic mass is 35.5. The number of fused-ring (bicyclic) bond motifs is 1. The van der Waals surface area contributed by atoms with Gasteiger partial charge in [-0.3, -0.25) is 10.1 Å². The molecule has 0 bridgehead atoms. The fourth-order valence-electron chi connectivity index (χ4n) is 4.77. The van der Waals surface area contributed by atoms with Gasteiger partial charge in [0.1, 0.15) is 6.07 Å². The van der Waals surface area contributed by atoms with E-state index in [2.05, 4.69) is 48.5 Å². The largest absolute Gasteiger partial charge is 0.453 e. The van der Waals surface area contributed by atoms with Crippen LogP contribution >= 0.6 is 11.6 Å². The van der Waals surface area contributed by atoms with Crippen LogP contribution in [-0.4, -0.2) is 75.9 Å². The molecule has 2 fully saturated rings. The fourth-order valence-corrected chi connectivity index (χ4v) is 5.05. The van der Waals surface area contributed by atoms with Gasteiger partial charge in [-0.25, -0.2) is 9.78 Å². The Labute approximate surface area is 246 Å². The number of nitrogens with two attached hydrogens (primary N) is 1. The van der Waals surface area contributed by atoms with E-state index in [9.17, 15) is 20.1 Å². The number of aromatic nitrogens is 4. The molecule has 42 heavy (non-hydrogen) atoms. The minimum atomic E-state index is -0.665. The second-order valence-corrected chi connectivity index (χ2v) is 10.5. The van der Waals surface area contributed by atoms with E-state index in [1.165, 1.54) is 17.8 Å². The highest BCUT2D eigenvalue weighted by Crippen LogP contribution is 2.37. The number of methoxy groups -OCH3 is 1. The van der Waals surface area contributed by atoms with Gasteiger partial charge in [0, 0.05) is 25.2 Å². The van der Waals surface area contributed by atoms with Crippen molar-refractivity contribution in [2.75, 3.05) is 35.7 Å². The van der Waals surface area contributed by atoms with Crippen LogP contribution < -0.4 is 31.9 Å². The summed E-state index contributed by atoms with van der Waals surface area (Å²) in [4.78, 5) is 34.6. The molecule has 0 radical (unpaired) electrons.